The fourth-order valence-electron chi connectivity index (χ4n) is 3.68. The van der Waals surface area contributed by atoms with E-state index in [1.165, 1.54) is 25.5 Å². The van der Waals surface area contributed by atoms with Gasteiger partial charge in [0.15, 0.2) is 0 Å². The van der Waals surface area contributed by atoms with E-state index in [1.807, 2.05) is 6.07 Å². The number of benzene rings is 1. The fraction of sp³-hybridized carbons (Fsp3) is 0.562. The van der Waals surface area contributed by atoms with Crippen LogP contribution in [0.5, 0.6) is 0 Å². The van der Waals surface area contributed by atoms with Gasteiger partial charge in [0.2, 0.25) is 0 Å². The van der Waals surface area contributed by atoms with E-state index < -0.39 is 0 Å². The van der Waals surface area contributed by atoms with Crippen molar-refractivity contribution in [2.45, 2.75) is 37.8 Å². The Morgan fingerprint density at radius 2 is 2.00 bits per heavy atom. The van der Waals surface area contributed by atoms with Crippen molar-refractivity contribution in [2.24, 2.45) is 5.92 Å². The summed E-state index contributed by atoms with van der Waals surface area (Å²) >= 11 is 0. The van der Waals surface area contributed by atoms with Crippen molar-refractivity contribution in [2.75, 3.05) is 13.7 Å². The lowest BCUT2D eigenvalue weighted by Gasteiger charge is -2.52. The third-order valence-electron chi connectivity index (χ3n) is 4.80. The largest absolute Gasteiger partial charge is 0.468 e. The van der Waals surface area contributed by atoms with Crippen LogP contribution in [0.25, 0.3) is 0 Å². The Kier molecular flexibility index (Phi) is 3.31. The van der Waals surface area contributed by atoms with E-state index in [2.05, 4.69) is 29.2 Å². The maximum Gasteiger partial charge on any atom is 0.326 e. The van der Waals surface area contributed by atoms with Gasteiger partial charge in [0.25, 0.3) is 0 Å². The Morgan fingerprint density at radius 1 is 1.32 bits per heavy atom. The third-order valence-corrected chi connectivity index (χ3v) is 4.80. The van der Waals surface area contributed by atoms with Gasteiger partial charge in [-0.05, 0) is 37.2 Å². The molecule has 102 valence electrons. The number of ether oxygens (including phenoxy) is 1. The lowest BCUT2D eigenvalue weighted by Crippen LogP contribution is -2.62. The number of nitrogens with zero attached hydrogens (tertiary/aromatic N) is 1. The van der Waals surface area contributed by atoms with E-state index in [1.54, 1.807) is 0 Å². The van der Waals surface area contributed by atoms with Crippen LogP contribution in [0.3, 0.4) is 0 Å². The number of fused-ring (bicyclic) bond motifs is 3. The second kappa shape index (κ2) is 4.97. The molecule has 3 heteroatoms. The van der Waals surface area contributed by atoms with Crippen molar-refractivity contribution in [3.05, 3.63) is 35.9 Å². The highest BCUT2D eigenvalue weighted by atomic mass is 16.5. The van der Waals surface area contributed by atoms with E-state index in [0.29, 0.717) is 0 Å². The van der Waals surface area contributed by atoms with Gasteiger partial charge in [-0.25, -0.2) is 0 Å². The second-order valence-electron chi connectivity index (χ2n) is 5.83. The minimum Gasteiger partial charge on any atom is -0.468 e. The number of methoxy groups -OCH3 is 1. The molecule has 3 nitrogen and oxygen atoms in total. The first-order chi connectivity index (χ1) is 9.24. The molecule has 1 aliphatic carbocycles. The van der Waals surface area contributed by atoms with Gasteiger partial charge in [0.1, 0.15) is 5.54 Å². The molecule has 2 heterocycles. The number of carbonyl (C=O) groups is 1. The average Bonchev–Trinajstić information content (AvgIpc) is 2.49. The summed E-state index contributed by atoms with van der Waals surface area (Å²) in [6, 6.07) is 10.4. The van der Waals surface area contributed by atoms with Crippen molar-refractivity contribution in [1.29, 1.82) is 0 Å². The number of carbonyl (C=O) groups excluding carboxylic acids is 1. The molecular weight excluding hydrogens is 238 g/mol. The van der Waals surface area contributed by atoms with Crippen LogP contribution in [0.2, 0.25) is 0 Å². The summed E-state index contributed by atoms with van der Waals surface area (Å²) in [7, 11) is 1.51. The Balaban J connectivity index is 1.84. The minimum atomic E-state index is -0.362. The summed E-state index contributed by atoms with van der Waals surface area (Å²) in [4.78, 5) is 14.6. The first-order valence-corrected chi connectivity index (χ1v) is 7.12. The van der Waals surface area contributed by atoms with E-state index in [-0.39, 0.29) is 11.5 Å². The van der Waals surface area contributed by atoms with E-state index in [4.69, 9.17) is 4.74 Å². The number of hydrogen-bond donors (Lipinski definition) is 0. The standard InChI is InChI=1S/C16H21NO2/c1-19-15(18)16-9-7-14(8-10-16)12-17(16)11-13-5-3-2-4-6-13/h2-6,14H,7-12H2,1H3. The van der Waals surface area contributed by atoms with Gasteiger partial charge < -0.3 is 4.74 Å². The molecule has 1 saturated carbocycles. The van der Waals surface area contributed by atoms with E-state index >= 15 is 0 Å². The predicted octanol–water partition coefficient (Wildman–Crippen LogP) is 2.60. The minimum absolute atomic E-state index is 0.0402. The molecule has 3 aliphatic rings. The lowest BCUT2D eigenvalue weighted by molar-refractivity contribution is -0.166. The predicted molar refractivity (Wildman–Crippen MR) is 73.6 cm³/mol. The maximum absolute atomic E-state index is 12.3. The number of esters is 1. The monoisotopic (exact) mass is 259 g/mol. The zero-order valence-electron chi connectivity index (χ0n) is 11.5. The molecule has 0 amide bonds. The highest BCUT2D eigenvalue weighted by molar-refractivity contribution is 5.81. The second-order valence-corrected chi connectivity index (χ2v) is 5.83. The highest BCUT2D eigenvalue weighted by Gasteiger charge is 2.51. The first kappa shape index (κ1) is 12.7. The molecule has 19 heavy (non-hydrogen) atoms. The molecule has 0 spiro atoms. The Labute approximate surface area is 114 Å². The summed E-state index contributed by atoms with van der Waals surface area (Å²) < 4.78 is 5.10. The molecule has 0 radical (unpaired) electrons. The molecule has 2 saturated heterocycles. The maximum atomic E-state index is 12.3. The molecule has 0 aromatic heterocycles. The molecule has 3 fully saturated rings. The summed E-state index contributed by atoms with van der Waals surface area (Å²) in [5.74, 6) is 0.719. The zero-order chi connectivity index (χ0) is 13.3. The van der Waals surface area contributed by atoms with Crippen molar-refractivity contribution < 1.29 is 9.53 Å². The summed E-state index contributed by atoms with van der Waals surface area (Å²) in [6.45, 7) is 1.89. The van der Waals surface area contributed by atoms with Crippen LogP contribution in [0.1, 0.15) is 31.2 Å². The van der Waals surface area contributed by atoms with Gasteiger partial charge in [-0.1, -0.05) is 30.3 Å². The van der Waals surface area contributed by atoms with E-state index in [9.17, 15) is 4.79 Å². The molecule has 0 atom stereocenters. The number of hydrogen-bond acceptors (Lipinski definition) is 3. The van der Waals surface area contributed by atoms with Crippen LogP contribution >= 0.6 is 0 Å². The molecule has 4 rings (SSSR count). The third kappa shape index (κ3) is 2.16. The van der Waals surface area contributed by atoms with E-state index in [0.717, 1.165) is 31.8 Å². The molecule has 2 bridgehead atoms. The van der Waals surface area contributed by atoms with Gasteiger partial charge in [-0.15, -0.1) is 0 Å². The normalized spacial score (nSPS) is 30.3. The van der Waals surface area contributed by atoms with Crippen LogP contribution in [-0.2, 0) is 16.1 Å². The van der Waals surface area contributed by atoms with Crippen molar-refractivity contribution in [3.8, 4) is 0 Å². The van der Waals surface area contributed by atoms with Gasteiger partial charge >= 0.3 is 5.97 Å². The fourth-order valence-corrected chi connectivity index (χ4v) is 3.68. The molecule has 0 unspecified atom stereocenters. The molecule has 1 aromatic carbocycles. The number of piperidine rings is 2. The Hall–Kier alpha value is -1.35. The van der Waals surface area contributed by atoms with Crippen LogP contribution < -0.4 is 0 Å². The van der Waals surface area contributed by atoms with Gasteiger partial charge in [-0.2, -0.15) is 0 Å². The molecular formula is C16H21NO2. The summed E-state index contributed by atoms with van der Waals surface area (Å²) in [5.41, 5.74) is 0.914. The SMILES string of the molecule is COC(=O)C12CCC(CC1)CN2Cc1ccccc1. The van der Waals surface area contributed by atoms with Crippen molar-refractivity contribution in [1.82, 2.24) is 4.90 Å². The van der Waals surface area contributed by atoms with Crippen LogP contribution in [0.15, 0.2) is 30.3 Å². The van der Waals surface area contributed by atoms with Gasteiger partial charge in [0.05, 0.1) is 7.11 Å². The molecule has 1 aromatic rings. The molecule has 2 aliphatic heterocycles. The van der Waals surface area contributed by atoms with Crippen molar-refractivity contribution >= 4 is 5.97 Å². The highest BCUT2D eigenvalue weighted by Crippen LogP contribution is 2.44. The summed E-state index contributed by atoms with van der Waals surface area (Å²) in [5, 5.41) is 0. The Morgan fingerprint density at radius 3 is 2.63 bits per heavy atom. The van der Waals surface area contributed by atoms with Gasteiger partial charge in [0, 0.05) is 13.1 Å². The lowest BCUT2D eigenvalue weighted by atomic mass is 9.70. The Bertz CT molecular complexity index is 449. The smallest absolute Gasteiger partial charge is 0.326 e. The zero-order valence-corrected chi connectivity index (χ0v) is 11.5. The average molecular weight is 259 g/mol. The quantitative estimate of drug-likeness (QED) is 0.781. The van der Waals surface area contributed by atoms with Gasteiger partial charge in [-0.3, -0.25) is 9.69 Å². The van der Waals surface area contributed by atoms with Crippen LogP contribution in [-0.4, -0.2) is 30.1 Å². The first-order valence-electron chi connectivity index (χ1n) is 7.12. The van der Waals surface area contributed by atoms with Crippen LogP contribution in [0, 0.1) is 5.92 Å². The number of rotatable bonds is 3. The van der Waals surface area contributed by atoms with Crippen molar-refractivity contribution in [3.63, 3.8) is 0 Å². The molecule has 0 N–H and O–H groups in total. The topological polar surface area (TPSA) is 29.5 Å². The summed E-state index contributed by atoms with van der Waals surface area (Å²) in [6.07, 6.45) is 4.25. The van der Waals surface area contributed by atoms with Crippen LogP contribution in [0.4, 0.5) is 0 Å².